The summed E-state index contributed by atoms with van der Waals surface area (Å²) >= 11 is 0. The Morgan fingerprint density at radius 2 is 2.22 bits per heavy atom. The first-order chi connectivity index (χ1) is 8.61. The Balaban J connectivity index is 2.14. The van der Waals surface area contributed by atoms with E-state index in [0.29, 0.717) is 11.3 Å². The van der Waals surface area contributed by atoms with E-state index in [-0.39, 0.29) is 18.7 Å². The molecular formula is C12H20N4O2. The molecule has 1 fully saturated rings. The van der Waals surface area contributed by atoms with E-state index in [1.54, 1.807) is 12.1 Å². The number of aliphatic hydroxyl groups is 2. The molecule has 1 aliphatic heterocycles. The normalized spacial score (nSPS) is 25.1. The molecule has 100 valence electrons. The van der Waals surface area contributed by atoms with Gasteiger partial charge in [-0.05, 0) is 18.2 Å². The standard InChI is InChI=1S/C12H20N4O2/c13-9-2-1-7(3-8(9)12(18)6-17)16-11-5-15-4-10(11)14/h1-3,10-12,15-18H,4-6,13-14H2. The second-order valence-electron chi connectivity index (χ2n) is 4.62. The first-order valence-corrected chi connectivity index (χ1v) is 6.03. The monoisotopic (exact) mass is 252 g/mol. The summed E-state index contributed by atoms with van der Waals surface area (Å²) in [5, 5.41) is 25.1. The van der Waals surface area contributed by atoms with Crippen molar-refractivity contribution in [3.8, 4) is 0 Å². The van der Waals surface area contributed by atoms with Gasteiger partial charge in [0.15, 0.2) is 0 Å². The molecule has 3 atom stereocenters. The Bertz CT molecular complexity index is 413. The Hall–Kier alpha value is -1.34. The topological polar surface area (TPSA) is 117 Å². The van der Waals surface area contributed by atoms with Crippen LogP contribution in [0.4, 0.5) is 11.4 Å². The molecule has 1 heterocycles. The molecule has 1 aromatic rings. The summed E-state index contributed by atoms with van der Waals surface area (Å²) < 4.78 is 0. The number of hydrogen-bond acceptors (Lipinski definition) is 6. The summed E-state index contributed by atoms with van der Waals surface area (Å²) in [6.07, 6.45) is -0.956. The highest BCUT2D eigenvalue weighted by atomic mass is 16.3. The molecule has 0 amide bonds. The highest BCUT2D eigenvalue weighted by Gasteiger charge is 2.23. The van der Waals surface area contributed by atoms with Crippen LogP contribution < -0.4 is 22.1 Å². The maximum Gasteiger partial charge on any atom is 0.104 e. The molecule has 0 bridgehead atoms. The summed E-state index contributed by atoms with van der Waals surface area (Å²) in [5.41, 5.74) is 13.5. The van der Waals surface area contributed by atoms with Gasteiger partial charge in [0.1, 0.15) is 6.10 Å². The molecule has 6 heteroatoms. The van der Waals surface area contributed by atoms with Crippen LogP contribution in [0.2, 0.25) is 0 Å². The van der Waals surface area contributed by atoms with Gasteiger partial charge >= 0.3 is 0 Å². The van der Waals surface area contributed by atoms with Crippen molar-refractivity contribution in [2.75, 3.05) is 30.7 Å². The first-order valence-electron chi connectivity index (χ1n) is 6.03. The van der Waals surface area contributed by atoms with Gasteiger partial charge in [-0.15, -0.1) is 0 Å². The zero-order valence-corrected chi connectivity index (χ0v) is 10.1. The van der Waals surface area contributed by atoms with Crippen LogP contribution in [0.3, 0.4) is 0 Å². The average Bonchev–Trinajstić information content (AvgIpc) is 2.76. The van der Waals surface area contributed by atoms with Crippen molar-refractivity contribution in [2.24, 2.45) is 5.73 Å². The van der Waals surface area contributed by atoms with Crippen molar-refractivity contribution < 1.29 is 10.2 Å². The van der Waals surface area contributed by atoms with Crippen LogP contribution in [0.1, 0.15) is 11.7 Å². The number of aliphatic hydroxyl groups excluding tert-OH is 2. The van der Waals surface area contributed by atoms with Gasteiger partial charge in [0.2, 0.25) is 0 Å². The SMILES string of the molecule is Nc1ccc(NC2CNCC2N)cc1C(O)CO. The Morgan fingerprint density at radius 3 is 2.83 bits per heavy atom. The van der Waals surface area contributed by atoms with E-state index in [4.69, 9.17) is 16.6 Å². The Labute approximate surface area is 106 Å². The molecule has 0 spiro atoms. The van der Waals surface area contributed by atoms with Crippen LogP contribution in [0.25, 0.3) is 0 Å². The summed E-state index contributed by atoms with van der Waals surface area (Å²) in [6.45, 7) is 1.25. The lowest BCUT2D eigenvalue weighted by atomic mass is 10.1. The van der Waals surface area contributed by atoms with Gasteiger partial charge in [0.25, 0.3) is 0 Å². The molecular weight excluding hydrogens is 232 g/mol. The van der Waals surface area contributed by atoms with E-state index in [1.807, 2.05) is 6.07 Å². The minimum absolute atomic E-state index is 0.0637. The van der Waals surface area contributed by atoms with E-state index in [0.717, 1.165) is 18.8 Å². The summed E-state index contributed by atoms with van der Waals surface area (Å²) in [5.74, 6) is 0. The number of nitrogens with one attached hydrogen (secondary N) is 2. The number of hydrogen-bond donors (Lipinski definition) is 6. The average molecular weight is 252 g/mol. The van der Waals surface area contributed by atoms with E-state index in [1.165, 1.54) is 0 Å². The third kappa shape index (κ3) is 2.73. The van der Waals surface area contributed by atoms with Crippen LogP contribution in [0.15, 0.2) is 18.2 Å². The highest BCUT2D eigenvalue weighted by Crippen LogP contribution is 2.24. The number of rotatable bonds is 4. The van der Waals surface area contributed by atoms with Gasteiger partial charge in [0.05, 0.1) is 12.6 Å². The third-order valence-electron chi connectivity index (χ3n) is 3.23. The molecule has 2 rings (SSSR count). The van der Waals surface area contributed by atoms with Crippen LogP contribution in [-0.2, 0) is 0 Å². The van der Waals surface area contributed by atoms with Gasteiger partial charge < -0.3 is 32.3 Å². The maximum absolute atomic E-state index is 9.65. The lowest BCUT2D eigenvalue weighted by Crippen LogP contribution is -2.38. The Kier molecular flexibility index (Phi) is 4.03. The fourth-order valence-electron chi connectivity index (χ4n) is 2.12. The van der Waals surface area contributed by atoms with Crippen molar-refractivity contribution in [3.05, 3.63) is 23.8 Å². The van der Waals surface area contributed by atoms with Gasteiger partial charge in [-0.2, -0.15) is 0 Å². The zero-order chi connectivity index (χ0) is 13.1. The number of nitrogens with two attached hydrogens (primary N) is 2. The second-order valence-corrected chi connectivity index (χ2v) is 4.62. The molecule has 6 nitrogen and oxygen atoms in total. The predicted octanol–water partition coefficient (Wildman–Crippen LogP) is -0.994. The first kappa shape index (κ1) is 13.1. The van der Waals surface area contributed by atoms with Crippen molar-refractivity contribution in [1.82, 2.24) is 5.32 Å². The minimum atomic E-state index is -0.956. The number of nitrogen functional groups attached to an aromatic ring is 1. The van der Waals surface area contributed by atoms with E-state index >= 15 is 0 Å². The summed E-state index contributed by atoms with van der Waals surface area (Å²) in [4.78, 5) is 0. The molecule has 1 aliphatic rings. The van der Waals surface area contributed by atoms with Gasteiger partial charge in [-0.25, -0.2) is 0 Å². The van der Waals surface area contributed by atoms with Crippen LogP contribution in [0, 0.1) is 0 Å². The maximum atomic E-state index is 9.65. The molecule has 1 aromatic carbocycles. The number of benzene rings is 1. The zero-order valence-electron chi connectivity index (χ0n) is 10.1. The lowest BCUT2D eigenvalue weighted by molar-refractivity contribution is 0.0962. The van der Waals surface area contributed by atoms with Crippen LogP contribution >= 0.6 is 0 Å². The molecule has 0 saturated carbocycles. The van der Waals surface area contributed by atoms with E-state index in [2.05, 4.69) is 10.6 Å². The van der Waals surface area contributed by atoms with E-state index < -0.39 is 6.10 Å². The van der Waals surface area contributed by atoms with Crippen LogP contribution in [-0.4, -0.2) is 42.0 Å². The highest BCUT2D eigenvalue weighted by molar-refractivity contribution is 5.58. The number of anilines is 2. The largest absolute Gasteiger partial charge is 0.398 e. The minimum Gasteiger partial charge on any atom is -0.398 e. The van der Waals surface area contributed by atoms with Gasteiger partial charge in [-0.3, -0.25) is 0 Å². The lowest BCUT2D eigenvalue weighted by Gasteiger charge is -2.19. The second kappa shape index (κ2) is 5.53. The summed E-state index contributed by atoms with van der Waals surface area (Å²) in [7, 11) is 0. The van der Waals surface area contributed by atoms with E-state index in [9.17, 15) is 5.11 Å². The van der Waals surface area contributed by atoms with Gasteiger partial charge in [0, 0.05) is 36.1 Å². The third-order valence-corrected chi connectivity index (χ3v) is 3.23. The molecule has 1 saturated heterocycles. The smallest absolute Gasteiger partial charge is 0.104 e. The molecule has 0 aromatic heterocycles. The van der Waals surface area contributed by atoms with Crippen LogP contribution in [0.5, 0.6) is 0 Å². The van der Waals surface area contributed by atoms with Crippen molar-refractivity contribution in [1.29, 1.82) is 0 Å². The fourth-order valence-corrected chi connectivity index (χ4v) is 2.12. The molecule has 18 heavy (non-hydrogen) atoms. The van der Waals surface area contributed by atoms with Gasteiger partial charge in [-0.1, -0.05) is 0 Å². The van der Waals surface area contributed by atoms with Crippen molar-refractivity contribution in [3.63, 3.8) is 0 Å². The van der Waals surface area contributed by atoms with Crippen molar-refractivity contribution in [2.45, 2.75) is 18.2 Å². The molecule has 3 unspecified atom stereocenters. The predicted molar refractivity (Wildman–Crippen MR) is 71.2 cm³/mol. The molecule has 8 N–H and O–H groups in total. The van der Waals surface area contributed by atoms with Crippen molar-refractivity contribution >= 4 is 11.4 Å². The summed E-state index contributed by atoms with van der Waals surface area (Å²) in [6, 6.07) is 5.53. The quantitative estimate of drug-likeness (QED) is 0.383. The fraction of sp³-hybridized carbons (Fsp3) is 0.500. The molecule has 0 aliphatic carbocycles. The molecule has 0 radical (unpaired) electrons. The Morgan fingerprint density at radius 1 is 1.44 bits per heavy atom.